The topological polar surface area (TPSA) is 110 Å². The Hall–Kier alpha value is -2.69. The Morgan fingerprint density at radius 1 is 1.25 bits per heavy atom. The SMILES string of the molecule is Cc1ccccc1Nc1nnc(SCC(=O)Nc2cc([N+](=O)[O-])ccc2Cl)s1. The van der Waals surface area contributed by atoms with Crippen LogP contribution in [0.25, 0.3) is 0 Å². The van der Waals surface area contributed by atoms with Crippen molar-refractivity contribution in [3.8, 4) is 0 Å². The number of rotatable bonds is 7. The standard InChI is InChI=1S/C17H14ClN5O3S2/c1-10-4-2-3-5-13(10)20-16-21-22-17(28-16)27-9-15(24)19-14-8-11(23(25)26)6-7-12(14)18/h2-8H,9H2,1H3,(H,19,24)(H,20,21). The van der Waals surface area contributed by atoms with E-state index in [9.17, 15) is 14.9 Å². The maximum atomic E-state index is 12.1. The summed E-state index contributed by atoms with van der Waals surface area (Å²) in [5.74, 6) is -0.283. The molecule has 144 valence electrons. The number of benzene rings is 2. The van der Waals surface area contributed by atoms with E-state index in [1.807, 2.05) is 31.2 Å². The molecule has 0 aliphatic carbocycles. The van der Waals surface area contributed by atoms with Crippen molar-refractivity contribution >= 4 is 62.8 Å². The van der Waals surface area contributed by atoms with E-state index >= 15 is 0 Å². The van der Waals surface area contributed by atoms with Gasteiger partial charge in [0.15, 0.2) is 4.34 Å². The second-order valence-corrected chi connectivity index (χ2v) is 8.18. The number of aromatic nitrogens is 2. The van der Waals surface area contributed by atoms with E-state index in [0.717, 1.165) is 11.3 Å². The van der Waals surface area contributed by atoms with Crippen molar-refractivity contribution in [1.29, 1.82) is 0 Å². The first-order valence-electron chi connectivity index (χ1n) is 7.95. The van der Waals surface area contributed by atoms with Gasteiger partial charge in [0.1, 0.15) is 0 Å². The Labute approximate surface area is 173 Å². The molecule has 0 spiro atoms. The van der Waals surface area contributed by atoms with Crippen molar-refractivity contribution in [3.05, 3.63) is 63.2 Å². The number of nitrogens with one attached hydrogen (secondary N) is 2. The zero-order valence-corrected chi connectivity index (χ0v) is 16.9. The maximum Gasteiger partial charge on any atom is 0.271 e. The van der Waals surface area contributed by atoms with Crippen molar-refractivity contribution < 1.29 is 9.72 Å². The van der Waals surface area contributed by atoms with Gasteiger partial charge in [0.2, 0.25) is 11.0 Å². The Bertz CT molecular complexity index is 1030. The molecule has 0 fully saturated rings. The van der Waals surface area contributed by atoms with Crippen molar-refractivity contribution in [3.63, 3.8) is 0 Å². The summed E-state index contributed by atoms with van der Waals surface area (Å²) >= 11 is 8.53. The predicted octanol–water partition coefficient (Wildman–Crippen LogP) is 4.88. The Balaban J connectivity index is 1.57. The van der Waals surface area contributed by atoms with Crippen molar-refractivity contribution in [2.45, 2.75) is 11.3 Å². The van der Waals surface area contributed by atoms with Crippen LogP contribution in [-0.4, -0.2) is 26.8 Å². The molecule has 1 amide bonds. The molecule has 0 saturated carbocycles. The number of non-ortho nitro benzene ring substituents is 1. The molecule has 0 saturated heterocycles. The number of nitrogens with zero attached hydrogens (tertiary/aromatic N) is 3. The number of carbonyl (C=O) groups excluding carboxylic acids is 1. The summed E-state index contributed by atoms with van der Waals surface area (Å²) in [7, 11) is 0. The minimum Gasteiger partial charge on any atom is -0.330 e. The van der Waals surface area contributed by atoms with Crippen LogP contribution < -0.4 is 10.6 Å². The first kappa shape index (κ1) is 20.1. The molecule has 0 bridgehead atoms. The molecule has 11 heteroatoms. The summed E-state index contributed by atoms with van der Waals surface area (Å²) < 4.78 is 0.622. The minimum absolute atomic E-state index is 0.0675. The second-order valence-electron chi connectivity index (χ2n) is 5.57. The van der Waals surface area contributed by atoms with Crippen LogP contribution in [0, 0.1) is 17.0 Å². The van der Waals surface area contributed by atoms with Gasteiger partial charge in [0.25, 0.3) is 5.69 Å². The number of thioether (sulfide) groups is 1. The fourth-order valence-corrected chi connectivity index (χ4v) is 3.91. The van der Waals surface area contributed by atoms with Gasteiger partial charge >= 0.3 is 0 Å². The number of nitro groups is 1. The summed E-state index contributed by atoms with van der Waals surface area (Å²) in [5.41, 5.74) is 2.07. The summed E-state index contributed by atoms with van der Waals surface area (Å²) in [6, 6.07) is 11.7. The molecular weight excluding hydrogens is 422 g/mol. The maximum absolute atomic E-state index is 12.1. The first-order chi connectivity index (χ1) is 13.4. The molecule has 0 atom stereocenters. The van der Waals surface area contributed by atoms with E-state index in [1.54, 1.807) is 0 Å². The summed E-state index contributed by atoms with van der Waals surface area (Å²) in [6.07, 6.45) is 0. The lowest BCUT2D eigenvalue weighted by atomic mass is 10.2. The van der Waals surface area contributed by atoms with Gasteiger partial charge in [0.05, 0.1) is 21.4 Å². The Morgan fingerprint density at radius 2 is 2.04 bits per heavy atom. The van der Waals surface area contributed by atoms with E-state index < -0.39 is 4.92 Å². The summed E-state index contributed by atoms with van der Waals surface area (Å²) in [5, 5.41) is 25.6. The number of para-hydroxylation sites is 1. The Morgan fingerprint density at radius 3 is 2.79 bits per heavy atom. The van der Waals surface area contributed by atoms with Gasteiger partial charge in [-0.1, -0.05) is 52.9 Å². The lowest BCUT2D eigenvalue weighted by molar-refractivity contribution is -0.384. The normalized spacial score (nSPS) is 10.5. The lowest BCUT2D eigenvalue weighted by Gasteiger charge is -2.06. The Kier molecular flexibility index (Phi) is 6.45. The van der Waals surface area contributed by atoms with Crippen LogP contribution in [0.4, 0.5) is 22.2 Å². The quantitative estimate of drug-likeness (QED) is 0.309. The number of amides is 1. The van der Waals surface area contributed by atoms with E-state index in [4.69, 9.17) is 11.6 Å². The van der Waals surface area contributed by atoms with Crippen LogP contribution in [-0.2, 0) is 4.79 Å². The molecular formula is C17H14ClN5O3S2. The van der Waals surface area contributed by atoms with Gasteiger partial charge in [0, 0.05) is 17.8 Å². The molecule has 3 rings (SSSR count). The fraction of sp³-hybridized carbons (Fsp3) is 0.118. The third-order valence-electron chi connectivity index (χ3n) is 3.55. The van der Waals surface area contributed by atoms with Crippen molar-refractivity contribution in [1.82, 2.24) is 10.2 Å². The van der Waals surface area contributed by atoms with Crippen LogP contribution in [0.3, 0.4) is 0 Å². The third kappa shape index (κ3) is 5.18. The van der Waals surface area contributed by atoms with E-state index in [0.29, 0.717) is 9.47 Å². The van der Waals surface area contributed by atoms with Gasteiger partial charge in [-0.2, -0.15) is 0 Å². The van der Waals surface area contributed by atoms with Gasteiger partial charge in [-0.3, -0.25) is 14.9 Å². The molecule has 2 N–H and O–H groups in total. The lowest BCUT2D eigenvalue weighted by Crippen LogP contribution is -2.14. The average Bonchev–Trinajstić information content (AvgIpc) is 3.11. The highest BCUT2D eigenvalue weighted by molar-refractivity contribution is 8.01. The van der Waals surface area contributed by atoms with Gasteiger partial charge in [-0.15, -0.1) is 10.2 Å². The zero-order chi connectivity index (χ0) is 20.1. The third-order valence-corrected chi connectivity index (χ3v) is 5.86. The van der Waals surface area contributed by atoms with Crippen LogP contribution in [0.15, 0.2) is 46.8 Å². The number of hydrogen-bond acceptors (Lipinski definition) is 8. The molecule has 1 aromatic heterocycles. The van der Waals surface area contributed by atoms with Gasteiger partial charge in [-0.05, 0) is 24.6 Å². The molecule has 0 aliphatic heterocycles. The molecule has 0 unspecified atom stereocenters. The number of hydrogen-bond donors (Lipinski definition) is 2. The van der Waals surface area contributed by atoms with E-state index in [2.05, 4.69) is 20.8 Å². The monoisotopic (exact) mass is 435 g/mol. The smallest absolute Gasteiger partial charge is 0.271 e. The minimum atomic E-state index is -0.551. The van der Waals surface area contributed by atoms with Crippen LogP contribution in [0.1, 0.15) is 5.56 Å². The van der Waals surface area contributed by atoms with Crippen molar-refractivity contribution in [2.75, 3.05) is 16.4 Å². The summed E-state index contributed by atoms with van der Waals surface area (Å²) in [6.45, 7) is 1.99. The van der Waals surface area contributed by atoms with E-state index in [-0.39, 0.29) is 28.1 Å². The fourth-order valence-electron chi connectivity index (χ4n) is 2.18. The predicted molar refractivity (Wildman–Crippen MR) is 112 cm³/mol. The highest BCUT2D eigenvalue weighted by Gasteiger charge is 2.13. The average molecular weight is 436 g/mol. The molecule has 0 aliphatic rings. The van der Waals surface area contributed by atoms with Gasteiger partial charge in [-0.25, -0.2) is 0 Å². The highest BCUT2D eigenvalue weighted by atomic mass is 35.5. The summed E-state index contributed by atoms with van der Waals surface area (Å²) in [4.78, 5) is 22.4. The largest absolute Gasteiger partial charge is 0.330 e. The molecule has 1 heterocycles. The molecule has 8 nitrogen and oxygen atoms in total. The van der Waals surface area contributed by atoms with Crippen LogP contribution in [0.5, 0.6) is 0 Å². The molecule has 28 heavy (non-hydrogen) atoms. The number of aryl methyl sites for hydroxylation is 1. The molecule has 3 aromatic rings. The van der Waals surface area contributed by atoms with Crippen LogP contribution >= 0.6 is 34.7 Å². The first-order valence-corrected chi connectivity index (χ1v) is 10.1. The number of nitro benzene ring substituents is 1. The molecule has 0 radical (unpaired) electrons. The second kappa shape index (κ2) is 9.00. The molecule has 2 aromatic carbocycles. The van der Waals surface area contributed by atoms with Crippen LogP contribution in [0.2, 0.25) is 5.02 Å². The number of halogens is 1. The van der Waals surface area contributed by atoms with E-state index in [1.165, 1.54) is 41.3 Å². The number of anilines is 3. The zero-order valence-electron chi connectivity index (χ0n) is 14.5. The highest BCUT2D eigenvalue weighted by Crippen LogP contribution is 2.30. The van der Waals surface area contributed by atoms with Gasteiger partial charge < -0.3 is 10.6 Å². The number of carbonyl (C=O) groups is 1. The van der Waals surface area contributed by atoms with Crippen molar-refractivity contribution in [2.24, 2.45) is 0 Å².